The Balaban J connectivity index is 2.82. The predicted molar refractivity (Wildman–Crippen MR) is 57.9 cm³/mol. The minimum atomic E-state index is -0.249. The fourth-order valence-electron chi connectivity index (χ4n) is 1.14. The first-order chi connectivity index (χ1) is 7.17. The largest absolute Gasteiger partial charge is 0.495 e. The summed E-state index contributed by atoms with van der Waals surface area (Å²) < 4.78 is 9.76. The van der Waals surface area contributed by atoms with Gasteiger partial charge in [-0.1, -0.05) is 0 Å². The smallest absolute Gasteiger partial charge is 0.250 e. The topological polar surface area (TPSA) is 73.6 Å². The molecule has 1 aromatic carbocycles. The van der Waals surface area contributed by atoms with Gasteiger partial charge in [-0.3, -0.25) is 4.79 Å². The quantitative estimate of drug-likeness (QED) is 0.723. The molecule has 0 radical (unpaired) electrons. The zero-order chi connectivity index (χ0) is 11.3. The molecule has 5 nitrogen and oxygen atoms in total. The van der Waals surface area contributed by atoms with Crippen molar-refractivity contribution in [3.05, 3.63) is 18.2 Å². The van der Waals surface area contributed by atoms with Crippen molar-refractivity contribution < 1.29 is 14.3 Å². The molecule has 1 amide bonds. The van der Waals surface area contributed by atoms with Gasteiger partial charge < -0.3 is 20.5 Å². The molecule has 15 heavy (non-hydrogen) atoms. The molecule has 82 valence electrons. The monoisotopic (exact) mass is 210 g/mol. The molecule has 0 aliphatic carbocycles. The van der Waals surface area contributed by atoms with Crippen molar-refractivity contribution in [3.63, 3.8) is 0 Å². The predicted octanol–water partition coefficient (Wildman–Crippen LogP) is 0.862. The van der Waals surface area contributed by atoms with Crippen LogP contribution in [0.1, 0.15) is 0 Å². The van der Waals surface area contributed by atoms with Crippen LogP contribution in [0.4, 0.5) is 11.4 Å². The van der Waals surface area contributed by atoms with Gasteiger partial charge >= 0.3 is 0 Å². The molecule has 0 aliphatic rings. The first-order valence-corrected chi connectivity index (χ1v) is 4.39. The summed E-state index contributed by atoms with van der Waals surface area (Å²) in [5.74, 6) is 0.315. The number of nitrogen functional groups attached to an aromatic ring is 1. The van der Waals surface area contributed by atoms with E-state index in [4.69, 9.17) is 15.2 Å². The van der Waals surface area contributed by atoms with E-state index in [0.29, 0.717) is 17.1 Å². The lowest BCUT2D eigenvalue weighted by Crippen LogP contribution is -2.17. The van der Waals surface area contributed by atoms with Crippen LogP contribution in [0.5, 0.6) is 5.75 Å². The van der Waals surface area contributed by atoms with Crippen LogP contribution in [0.2, 0.25) is 0 Å². The van der Waals surface area contributed by atoms with Crippen LogP contribution < -0.4 is 15.8 Å². The van der Waals surface area contributed by atoms with Gasteiger partial charge in [-0.2, -0.15) is 0 Å². The third-order valence-corrected chi connectivity index (χ3v) is 1.77. The number of nitrogens with one attached hydrogen (secondary N) is 1. The number of hydrogen-bond donors (Lipinski definition) is 2. The first kappa shape index (κ1) is 11.3. The van der Waals surface area contributed by atoms with Gasteiger partial charge in [-0.05, 0) is 18.2 Å². The van der Waals surface area contributed by atoms with Gasteiger partial charge in [0.05, 0.1) is 12.8 Å². The lowest BCUT2D eigenvalue weighted by atomic mass is 10.2. The van der Waals surface area contributed by atoms with E-state index in [1.807, 2.05) is 0 Å². The average Bonchev–Trinajstić information content (AvgIpc) is 2.18. The molecule has 0 atom stereocenters. The summed E-state index contributed by atoms with van der Waals surface area (Å²) in [4.78, 5) is 11.3. The molecule has 1 rings (SSSR count). The van der Waals surface area contributed by atoms with E-state index in [0.717, 1.165) is 0 Å². The van der Waals surface area contributed by atoms with E-state index in [1.54, 1.807) is 18.2 Å². The molecule has 3 N–H and O–H groups in total. The Morgan fingerprint density at radius 3 is 2.80 bits per heavy atom. The van der Waals surface area contributed by atoms with Crippen LogP contribution in [-0.4, -0.2) is 26.7 Å². The first-order valence-electron chi connectivity index (χ1n) is 4.39. The summed E-state index contributed by atoms with van der Waals surface area (Å²) >= 11 is 0. The fourth-order valence-corrected chi connectivity index (χ4v) is 1.14. The van der Waals surface area contributed by atoms with Crippen molar-refractivity contribution in [2.75, 3.05) is 31.9 Å². The molecule has 0 aromatic heterocycles. The number of nitrogens with two attached hydrogens (primary N) is 1. The van der Waals surface area contributed by atoms with Gasteiger partial charge in [0.2, 0.25) is 5.91 Å². The highest BCUT2D eigenvalue weighted by Crippen LogP contribution is 2.26. The standard InChI is InChI=1S/C10H14N2O3/c1-14-6-10(13)12-8-5-7(11)3-4-9(8)15-2/h3-5H,6,11H2,1-2H3,(H,12,13). The van der Waals surface area contributed by atoms with Gasteiger partial charge in [0, 0.05) is 12.8 Å². The number of carbonyl (C=O) groups excluding carboxylic acids is 1. The highest BCUT2D eigenvalue weighted by molar-refractivity contribution is 5.93. The van der Waals surface area contributed by atoms with Crippen molar-refractivity contribution in [1.82, 2.24) is 0 Å². The van der Waals surface area contributed by atoms with Crippen LogP contribution in [0, 0.1) is 0 Å². The minimum Gasteiger partial charge on any atom is -0.495 e. The SMILES string of the molecule is COCC(=O)Nc1cc(N)ccc1OC. The van der Waals surface area contributed by atoms with E-state index in [2.05, 4.69) is 5.32 Å². The molecule has 0 fully saturated rings. The molecule has 0 aliphatic heterocycles. The van der Waals surface area contributed by atoms with E-state index >= 15 is 0 Å². The molecular formula is C10H14N2O3. The number of methoxy groups -OCH3 is 2. The van der Waals surface area contributed by atoms with Crippen molar-refractivity contribution in [2.45, 2.75) is 0 Å². The second-order valence-corrected chi connectivity index (χ2v) is 2.94. The van der Waals surface area contributed by atoms with Crippen LogP contribution in [0.3, 0.4) is 0 Å². The molecule has 0 spiro atoms. The van der Waals surface area contributed by atoms with Gasteiger partial charge in [0.25, 0.3) is 0 Å². The number of amides is 1. The van der Waals surface area contributed by atoms with Gasteiger partial charge in [-0.25, -0.2) is 0 Å². The molecule has 1 aromatic rings. The van der Waals surface area contributed by atoms with E-state index in [9.17, 15) is 4.79 Å². The molecule has 5 heteroatoms. The van der Waals surface area contributed by atoms with E-state index in [-0.39, 0.29) is 12.5 Å². The van der Waals surface area contributed by atoms with Crippen molar-refractivity contribution in [1.29, 1.82) is 0 Å². The number of ether oxygens (including phenoxy) is 2. The summed E-state index contributed by atoms with van der Waals surface area (Å²) in [6.07, 6.45) is 0. The Kier molecular flexibility index (Phi) is 3.93. The summed E-state index contributed by atoms with van der Waals surface area (Å²) in [5, 5.41) is 2.63. The van der Waals surface area contributed by atoms with Crippen LogP contribution in [0.25, 0.3) is 0 Å². The molecule has 0 saturated carbocycles. The molecule has 0 bridgehead atoms. The normalized spacial score (nSPS) is 9.73. The highest BCUT2D eigenvalue weighted by atomic mass is 16.5. The fraction of sp³-hybridized carbons (Fsp3) is 0.300. The Labute approximate surface area is 88.2 Å². The number of anilines is 2. The highest BCUT2D eigenvalue weighted by Gasteiger charge is 2.07. The van der Waals surface area contributed by atoms with Crippen LogP contribution in [0.15, 0.2) is 18.2 Å². The van der Waals surface area contributed by atoms with Gasteiger partial charge in [0.1, 0.15) is 12.4 Å². The third-order valence-electron chi connectivity index (χ3n) is 1.77. The maximum absolute atomic E-state index is 11.3. The summed E-state index contributed by atoms with van der Waals surface area (Å²) in [7, 11) is 2.98. The van der Waals surface area contributed by atoms with Gasteiger partial charge in [0.15, 0.2) is 0 Å². The second-order valence-electron chi connectivity index (χ2n) is 2.94. The summed E-state index contributed by atoms with van der Waals surface area (Å²) in [5.41, 5.74) is 6.69. The van der Waals surface area contributed by atoms with Crippen LogP contribution >= 0.6 is 0 Å². The maximum atomic E-state index is 11.3. The van der Waals surface area contributed by atoms with Crippen molar-refractivity contribution in [3.8, 4) is 5.75 Å². The lowest BCUT2D eigenvalue weighted by Gasteiger charge is -2.10. The Morgan fingerprint density at radius 1 is 1.47 bits per heavy atom. The van der Waals surface area contributed by atoms with E-state index in [1.165, 1.54) is 14.2 Å². The van der Waals surface area contributed by atoms with Crippen molar-refractivity contribution in [2.24, 2.45) is 0 Å². The second kappa shape index (κ2) is 5.21. The number of benzene rings is 1. The summed E-state index contributed by atoms with van der Waals surface area (Å²) in [6, 6.07) is 5.02. The number of hydrogen-bond acceptors (Lipinski definition) is 4. The van der Waals surface area contributed by atoms with Crippen LogP contribution in [-0.2, 0) is 9.53 Å². The Morgan fingerprint density at radius 2 is 2.20 bits per heavy atom. The zero-order valence-corrected chi connectivity index (χ0v) is 8.74. The minimum absolute atomic E-state index is 0.00203. The number of carbonyl (C=O) groups is 1. The lowest BCUT2D eigenvalue weighted by molar-refractivity contribution is -0.119. The third kappa shape index (κ3) is 3.14. The Hall–Kier alpha value is -1.75. The average molecular weight is 210 g/mol. The summed E-state index contributed by atoms with van der Waals surface area (Å²) in [6.45, 7) is -0.00203. The maximum Gasteiger partial charge on any atom is 0.250 e. The molecule has 0 saturated heterocycles. The van der Waals surface area contributed by atoms with Crippen molar-refractivity contribution >= 4 is 17.3 Å². The van der Waals surface area contributed by atoms with Gasteiger partial charge in [-0.15, -0.1) is 0 Å². The Bertz CT molecular complexity index is 353. The van der Waals surface area contributed by atoms with E-state index < -0.39 is 0 Å². The molecular weight excluding hydrogens is 196 g/mol. The number of rotatable bonds is 4. The molecule has 0 unspecified atom stereocenters. The molecule has 0 heterocycles. The zero-order valence-electron chi connectivity index (χ0n) is 8.74.